The molecule has 2 nitrogen and oxygen atoms in total. The lowest BCUT2D eigenvalue weighted by Gasteiger charge is -2.32. The third kappa shape index (κ3) is 1.20. The minimum Gasteiger partial charge on any atom is -0.345 e. The highest BCUT2D eigenvalue weighted by molar-refractivity contribution is 5.77. The molecule has 0 spiro atoms. The van der Waals surface area contributed by atoms with Gasteiger partial charge in [-0.05, 0) is 17.7 Å². The Morgan fingerprint density at radius 1 is 1.06 bits per heavy atom. The maximum absolute atomic E-state index is 4.84. The number of fused-ring (bicyclic) bond motifs is 3. The molecule has 2 aromatic carbocycles. The molecule has 88 valence electrons. The van der Waals surface area contributed by atoms with Gasteiger partial charge in [0.2, 0.25) is 0 Å². The van der Waals surface area contributed by atoms with Gasteiger partial charge in [0.25, 0.3) is 0 Å². The van der Waals surface area contributed by atoms with Crippen LogP contribution in [0, 0.1) is 0 Å². The number of rotatable bonds is 0. The number of hydrogen-bond acceptors (Lipinski definition) is 2. The van der Waals surface area contributed by atoms with Gasteiger partial charge in [-0.1, -0.05) is 36.4 Å². The average Bonchev–Trinajstić information content (AvgIpc) is 2.77. The predicted octanol–water partition coefficient (Wildman–Crippen LogP) is 1.49. The Morgan fingerprint density at radius 2 is 1.83 bits per heavy atom. The smallest absolute Gasteiger partial charge is 0.0954 e. The van der Waals surface area contributed by atoms with Gasteiger partial charge < -0.3 is 4.90 Å². The molecule has 0 saturated carbocycles. The Balaban J connectivity index is 2.02. The van der Waals surface area contributed by atoms with Gasteiger partial charge in [-0.3, -0.25) is 4.99 Å². The Bertz CT molecular complexity index is 746. The maximum Gasteiger partial charge on any atom is 0.0954 e. The topological polar surface area (TPSA) is 15.6 Å². The summed E-state index contributed by atoms with van der Waals surface area (Å²) in [6.07, 6.45) is 1.02. The van der Waals surface area contributed by atoms with Gasteiger partial charge in [-0.2, -0.15) is 0 Å². The molecule has 2 heterocycles. The summed E-state index contributed by atoms with van der Waals surface area (Å²) in [5.74, 6) is 0. The van der Waals surface area contributed by atoms with Crippen molar-refractivity contribution in [3.8, 4) is 0 Å². The summed E-state index contributed by atoms with van der Waals surface area (Å²) in [6.45, 7) is 0. The lowest BCUT2D eigenvalue weighted by Crippen LogP contribution is -2.34. The van der Waals surface area contributed by atoms with Crippen molar-refractivity contribution in [3.05, 3.63) is 64.7 Å². The molecular formula is C16H14N2. The first kappa shape index (κ1) is 9.89. The Kier molecular flexibility index (Phi) is 1.90. The first-order chi connectivity index (χ1) is 8.84. The molecule has 0 saturated heterocycles. The molecule has 0 aliphatic carbocycles. The number of benzene rings is 2. The van der Waals surface area contributed by atoms with Gasteiger partial charge in [-0.15, -0.1) is 0 Å². The molecule has 2 aliphatic heterocycles. The second kappa shape index (κ2) is 3.45. The van der Waals surface area contributed by atoms with Crippen LogP contribution in [0.25, 0.3) is 5.70 Å². The highest BCUT2D eigenvalue weighted by atomic mass is 15.2. The fourth-order valence-electron chi connectivity index (χ4n) is 3.11. The molecule has 0 aromatic heterocycles. The molecule has 18 heavy (non-hydrogen) atoms. The van der Waals surface area contributed by atoms with Gasteiger partial charge in [0, 0.05) is 24.4 Å². The minimum atomic E-state index is 0.294. The van der Waals surface area contributed by atoms with Gasteiger partial charge in [0.1, 0.15) is 0 Å². The largest absolute Gasteiger partial charge is 0.345 e. The van der Waals surface area contributed by atoms with E-state index >= 15 is 0 Å². The van der Waals surface area contributed by atoms with E-state index in [1.807, 2.05) is 0 Å². The first-order valence-corrected chi connectivity index (χ1v) is 6.33. The molecule has 0 bridgehead atoms. The van der Waals surface area contributed by atoms with E-state index in [0.29, 0.717) is 6.04 Å². The van der Waals surface area contributed by atoms with Crippen molar-refractivity contribution in [2.75, 3.05) is 11.9 Å². The lowest BCUT2D eigenvalue weighted by atomic mass is 9.96. The molecule has 0 N–H and O–H groups in total. The van der Waals surface area contributed by atoms with Crippen LogP contribution in [-0.4, -0.2) is 13.1 Å². The zero-order valence-electron chi connectivity index (χ0n) is 10.3. The molecule has 2 aromatic rings. The Hall–Kier alpha value is -2.09. The normalized spacial score (nSPS) is 19.9. The predicted molar refractivity (Wildman–Crippen MR) is 73.0 cm³/mol. The van der Waals surface area contributed by atoms with E-state index < -0.39 is 0 Å². The molecule has 0 amide bonds. The van der Waals surface area contributed by atoms with E-state index in [0.717, 1.165) is 11.8 Å². The molecule has 1 unspecified atom stereocenters. The van der Waals surface area contributed by atoms with Crippen molar-refractivity contribution in [2.24, 2.45) is 4.99 Å². The molecule has 2 aliphatic rings. The number of nitrogens with zero attached hydrogens (tertiary/aromatic N) is 2. The molecular weight excluding hydrogens is 220 g/mol. The SMILES string of the molecule is CN1C2=c3ccccc3=NC2Cc2ccccc21. The summed E-state index contributed by atoms with van der Waals surface area (Å²) >= 11 is 0. The highest BCUT2D eigenvalue weighted by Crippen LogP contribution is 2.33. The highest BCUT2D eigenvalue weighted by Gasteiger charge is 2.29. The zero-order chi connectivity index (χ0) is 12.1. The Morgan fingerprint density at radius 3 is 2.78 bits per heavy atom. The Labute approximate surface area is 106 Å². The second-order valence-corrected chi connectivity index (χ2v) is 4.94. The number of para-hydroxylation sites is 2. The van der Waals surface area contributed by atoms with Crippen LogP contribution >= 0.6 is 0 Å². The summed E-state index contributed by atoms with van der Waals surface area (Å²) in [4.78, 5) is 7.15. The van der Waals surface area contributed by atoms with Crippen LogP contribution in [0.15, 0.2) is 53.5 Å². The van der Waals surface area contributed by atoms with Gasteiger partial charge >= 0.3 is 0 Å². The number of anilines is 1. The van der Waals surface area contributed by atoms with Crippen molar-refractivity contribution in [3.63, 3.8) is 0 Å². The van der Waals surface area contributed by atoms with Crippen LogP contribution in [-0.2, 0) is 6.42 Å². The minimum absolute atomic E-state index is 0.294. The van der Waals surface area contributed by atoms with E-state index in [-0.39, 0.29) is 0 Å². The van der Waals surface area contributed by atoms with Crippen molar-refractivity contribution in [1.29, 1.82) is 0 Å². The van der Waals surface area contributed by atoms with E-state index in [1.165, 1.54) is 22.2 Å². The third-order valence-electron chi connectivity index (χ3n) is 3.92. The van der Waals surface area contributed by atoms with E-state index in [4.69, 9.17) is 4.99 Å². The first-order valence-electron chi connectivity index (χ1n) is 6.33. The molecule has 1 atom stereocenters. The summed E-state index contributed by atoms with van der Waals surface area (Å²) in [6, 6.07) is 17.4. The number of likely N-dealkylation sites (N-methyl/N-ethyl adjacent to an activating group) is 1. The van der Waals surface area contributed by atoms with Crippen LogP contribution < -0.4 is 15.5 Å². The van der Waals surface area contributed by atoms with E-state index in [2.05, 4.69) is 60.5 Å². The number of hydrogen-bond donors (Lipinski definition) is 0. The van der Waals surface area contributed by atoms with E-state index in [1.54, 1.807) is 0 Å². The molecule has 4 rings (SSSR count). The van der Waals surface area contributed by atoms with Crippen molar-refractivity contribution in [1.82, 2.24) is 0 Å². The summed E-state index contributed by atoms with van der Waals surface area (Å²) in [5.41, 5.74) is 4.06. The van der Waals surface area contributed by atoms with Crippen molar-refractivity contribution in [2.45, 2.75) is 12.5 Å². The van der Waals surface area contributed by atoms with Crippen molar-refractivity contribution < 1.29 is 0 Å². The lowest BCUT2D eigenvalue weighted by molar-refractivity contribution is 0.776. The standard InChI is InChI=1S/C16H14N2/c1-18-15-9-5-2-6-11(15)10-14-16(18)12-7-3-4-8-13(12)17-14/h2-9,14H,10H2,1H3. The maximum atomic E-state index is 4.84. The fourth-order valence-corrected chi connectivity index (χ4v) is 3.11. The van der Waals surface area contributed by atoms with Crippen LogP contribution in [0.2, 0.25) is 0 Å². The van der Waals surface area contributed by atoms with Crippen molar-refractivity contribution >= 4 is 11.4 Å². The molecule has 0 fully saturated rings. The summed E-state index contributed by atoms with van der Waals surface area (Å²) in [5, 5.41) is 2.43. The van der Waals surface area contributed by atoms with Gasteiger partial charge in [-0.25, -0.2) is 0 Å². The van der Waals surface area contributed by atoms with Crippen LogP contribution in [0.1, 0.15) is 5.56 Å². The quantitative estimate of drug-likeness (QED) is 0.674. The van der Waals surface area contributed by atoms with Crippen LogP contribution in [0.4, 0.5) is 5.69 Å². The molecule has 0 radical (unpaired) electrons. The molecule has 2 heteroatoms. The third-order valence-corrected chi connectivity index (χ3v) is 3.92. The summed E-state index contributed by atoms with van der Waals surface area (Å²) < 4.78 is 0. The summed E-state index contributed by atoms with van der Waals surface area (Å²) in [7, 11) is 2.15. The zero-order valence-corrected chi connectivity index (χ0v) is 10.3. The van der Waals surface area contributed by atoms with E-state index in [9.17, 15) is 0 Å². The average molecular weight is 234 g/mol. The second-order valence-electron chi connectivity index (χ2n) is 4.94. The van der Waals surface area contributed by atoms with Crippen LogP contribution in [0.3, 0.4) is 0 Å². The van der Waals surface area contributed by atoms with Gasteiger partial charge in [0.15, 0.2) is 0 Å². The van der Waals surface area contributed by atoms with Crippen LogP contribution in [0.5, 0.6) is 0 Å². The fraction of sp³-hybridized carbons (Fsp3) is 0.188. The monoisotopic (exact) mass is 234 g/mol. The van der Waals surface area contributed by atoms with Gasteiger partial charge in [0.05, 0.1) is 17.1 Å².